The van der Waals surface area contributed by atoms with E-state index in [1.165, 1.54) is 38.8 Å². The summed E-state index contributed by atoms with van der Waals surface area (Å²) in [6.07, 6.45) is 7.63. The van der Waals surface area contributed by atoms with E-state index in [4.69, 9.17) is 9.47 Å². The summed E-state index contributed by atoms with van der Waals surface area (Å²) in [6, 6.07) is 19.8. The molecule has 4 heterocycles. The van der Waals surface area contributed by atoms with Crippen LogP contribution in [0.3, 0.4) is 0 Å². The maximum absolute atomic E-state index is 12.6. The summed E-state index contributed by atoms with van der Waals surface area (Å²) in [5, 5.41) is 12.5. The fourth-order valence-corrected chi connectivity index (χ4v) is 6.59. The molecule has 6 rings (SSSR count). The molecule has 8 nitrogen and oxygen atoms in total. The number of aliphatic hydroxyl groups is 1. The van der Waals surface area contributed by atoms with Crippen molar-refractivity contribution in [2.75, 3.05) is 38.0 Å². The van der Waals surface area contributed by atoms with E-state index in [2.05, 4.69) is 39.2 Å². The van der Waals surface area contributed by atoms with Gasteiger partial charge in [0.25, 0.3) is 5.91 Å². The normalized spacial score (nSPS) is 26.9. The zero-order valence-corrected chi connectivity index (χ0v) is 24.4. The van der Waals surface area contributed by atoms with Crippen LogP contribution >= 0.6 is 0 Å². The highest BCUT2D eigenvalue weighted by molar-refractivity contribution is 6.04. The first-order chi connectivity index (χ1) is 20.6. The lowest BCUT2D eigenvalue weighted by atomic mass is 9.90. The van der Waals surface area contributed by atoms with E-state index in [-0.39, 0.29) is 30.6 Å². The van der Waals surface area contributed by atoms with Gasteiger partial charge in [-0.2, -0.15) is 0 Å². The highest BCUT2D eigenvalue weighted by Gasteiger charge is 2.40. The minimum Gasteiger partial charge on any atom is -0.392 e. The SMILES string of the molecule is C[C@@H]1[C@H](CN2CCC[C@H]2CN2CCCC2)O[C@H](c2ccc(NC(=O)c3cccnc3)cc2)O[C@@H]1c1ccc(CO)cc1. The number of carbonyl (C=O) groups is 1. The topological polar surface area (TPSA) is 87.2 Å². The molecule has 0 bridgehead atoms. The van der Waals surface area contributed by atoms with Crippen LogP contribution in [0.15, 0.2) is 73.1 Å². The van der Waals surface area contributed by atoms with Crippen molar-refractivity contribution in [3.8, 4) is 0 Å². The molecule has 0 radical (unpaired) electrons. The third-order valence-electron chi connectivity index (χ3n) is 9.07. The predicted molar refractivity (Wildman–Crippen MR) is 162 cm³/mol. The quantitative estimate of drug-likeness (QED) is 0.367. The molecule has 3 aliphatic heterocycles. The number of carbonyl (C=O) groups excluding carboxylic acids is 1. The Hall–Kier alpha value is -3.14. The van der Waals surface area contributed by atoms with Crippen LogP contribution in [-0.4, -0.2) is 70.7 Å². The van der Waals surface area contributed by atoms with Crippen molar-refractivity contribution in [3.63, 3.8) is 0 Å². The van der Waals surface area contributed by atoms with Crippen LogP contribution in [-0.2, 0) is 16.1 Å². The average Bonchev–Trinajstić information content (AvgIpc) is 3.71. The van der Waals surface area contributed by atoms with Crippen molar-refractivity contribution in [2.24, 2.45) is 5.92 Å². The number of pyridine rings is 1. The molecule has 3 aliphatic rings. The number of anilines is 1. The zero-order chi connectivity index (χ0) is 28.9. The minimum absolute atomic E-state index is 0.00425. The smallest absolute Gasteiger partial charge is 0.257 e. The molecule has 3 fully saturated rings. The third-order valence-corrected chi connectivity index (χ3v) is 9.07. The van der Waals surface area contributed by atoms with Gasteiger partial charge in [0.15, 0.2) is 6.29 Å². The summed E-state index contributed by atoms with van der Waals surface area (Å²) >= 11 is 0. The van der Waals surface area contributed by atoms with Gasteiger partial charge in [0.2, 0.25) is 0 Å². The van der Waals surface area contributed by atoms with E-state index in [0.717, 1.165) is 36.3 Å². The van der Waals surface area contributed by atoms with Gasteiger partial charge in [-0.05, 0) is 80.7 Å². The van der Waals surface area contributed by atoms with E-state index in [1.54, 1.807) is 24.5 Å². The molecule has 5 atom stereocenters. The number of aliphatic hydroxyl groups excluding tert-OH is 1. The van der Waals surface area contributed by atoms with Crippen molar-refractivity contribution in [1.29, 1.82) is 0 Å². The number of benzene rings is 2. The molecule has 0 spiro atoms. The Labute approximate surface area is 248 Å². The maximum atomic E-state index is 12.6. The Bertz CT molecular complexity index is 1300. The highest BCUT2D eigenvalue weighted by atomic mass is 16.7. The first-order valence-electron chi connectivity index (χ1n) is 15.4. The van der Waals surface area contributed by atoms with Crippen LogP contribution in [0.2, 0.25) is 0 Å². The Morgan fingerprint density at radius 1 is 0.952 bits per heavy atom. The van der Waals surface area contributed by atoms with E-state index in [9.17, 15) is 9.90 Å². The van der Waals surface area contributed by atoms with Gasteiger partial charge in [-0.3, -0.25) is 14.7 Å². The van der Waals surface area contributed by atoms with Crippen LogP contribution in [0.5, 0.6) is 0 Å². The number of nitrogens with one attached hydrogen (secondary N) is 1. The number of nitrogens with zero attached hydrogens (tertiary/aromatic N) is 3. The molecule has 0 saturated carbocycles. The Kier molecular flexibility index (Phi) is 9.27. The molecule has 1 aromatic heterocycles. The molecule has 42 heavy (non-hydrogen) atoms. The molecular weight excluding hydrogens is 528 g/mol. The van der Waals surface area contributed by atoms with Gasteiger partial charge in [0, 0.05) is 48.7 Å². The molecule has 2 aromatic carbocycles. The van der Waals surface area contributed by atoms with Gasteiger partial charge in [-0.25, -0.2) is 0 Å². The summed E-state index contributed by atoms with van der Waals surface area (Å²) < 4.78 is 13.4. The lowest BCUT2D eigenvalue weighted by Gasteiger charge is -2.43. The van der Waals surface area contributed by atoms with Crippen molar-refractivity contribution in [1.82, 2.24) is 14.8 Å². The van der Waals surface area contributed by atoms with Gasteiger partial charge in [0.1, 0.15) is 0 Å². The van der Waals surface area contributed by atoms with Crippen molar-refractivity contribution < 1.29 is 19.4 Å². The molecule has 0 unspecified atom stereocenters. The molecule has 3 saturated heterocycles. The van der Waals surface area contributed by atoms with Gasteiger partial charge in [0.05, 0.1) is 24.4 Å². The number of ether oxygens (including phenoxy) is 2. The van der Waals surface area contributed by atoms with Crippen molar-refractivity contribution in [3.05, 3.63) is 95.3 Å². The summed E-state index contributed by atoms with van der Waals surface area (Å²) in [7, 11) is 0. The first kappa shape index (κ1) is 29.0. The molecule has 0 aliphatic carbocycles. The molecule has 222 valence electrons. The molecule has 8 heteroatoms. The number of likely N-dealkylation sites (tertiary alicyclic amines) is 2. The number of hydrogen-bond acceptors (Lipinski definition) is 7. The Morgan fingerprint density at radius 3 is 2.43 bits per heavy atom. The monoisotopic (exact) mass is 570 g/mol. The largest absolute Gasteiger partial charge is 0.392 e. The number of hydrogen-bond donors (Lipinski definition) is 2. The molecule has 3 aromatic rings. The highest BCUT2D eigenvalue weighted by Crippen LogP contribution is 2.42. The fourth-order valence-electron chi connectivity index (χ4n) is 6.59. The standard InChI is InChI=1S/C34H42N4O4/c1-24-31(22-38-19-5-7-30(38)21-37-17-2-3-18-37)41-34(42-32(24)26-10-8-25(23-39)9-11-26)27-12-14-29(15-13-27)36-33(40)28-6-4-16-35-20-28/h4,6,8-16,20,24,30-32,34,39H,2-3,5,7,17-19,21-23H2,1H3,(H,36,40)/t24-,30+,31+,32+,34+/m1/s1. The third kappa shape index (κ3) is 6.74. The summed E-state index contributed by atoms with van der Waals surface area (Å²) in [4.78, 5) is 21.9. The van der Waals surface area contributed by atoms with E-state index in [1.807, 2.05) is 36.4 Å². The predicted octanol–water partition coefficient (Wildman–Crippen LogP) is 5.18. The van der Waals surface area contributed by atoms with Gasteiger partial charge in [-0.15, -0.1) is 0 Å². The summed E-state index contributed by atoms with van der Waals surface area (Å²) in [6.45, 7) is 7.84. The first-order valence-corrected chi connectivity index (χ1v) is 15.4. The Balaban J connectivity index is 1.19. The van der Waals surface area contributed by atoms with E-state index in [0.29, 0.717) is 17.3 Å². The lowest BCUT2D eigenvalue weighted by molar-refractivity contribution is -0.276. The average molecular weight is 571 g/mol. The van der Waals surface area contributed by atoms with Crippen LogP contribution in [0, 0.1) is 5.92 Å². The zero-order valence-electron chi connectivity index (χ0n) is 24.4. The van der Waals surface area contributed by atoms with Gasteiger partial charge >= 0.3 is 0 Å². The molecule has 1 amide bonds. The van der Waals surface area contributed by atoms with Crippen molar-refractivity contribution in [2.45, 2.75) is 63.8 Å². The second-order valence-electron chi connectivity index (χ2n) is 11.9. The van der Waals surface area contributed by atoms with Crippen LogP contribution in [0.1, 0.15) is 72.0 Å². The number of rotatable bonds is 9. The van der Waals surface area contributed by atoms with Gasteiger partial charge < -0.3 is 24.8 Å². The fraction of sp³-hybridized carbons (Fsp3) is 0.471. The number of aromatic nitrogens is 1. The summed E-state index contributed by atoms with van der Waals surface area (Å²) in [5.74, 6) is -0.0531. The van der Waals surface area contributed by atoms with Crippen LogP contribution in [0.25, 0.3) is 0 Å². The second-order valence-corrected chi connectivity index (χ2v) is 11.9. The van der Waals surface area contributed by atoms with Crippen LogP contribution in [0.4, 0.5) is 5.69 Å². The second kappa shape index (κ2) is 13.4. The van der Waals surface area contributed by atoms with E-state index >= 15 is 0 Å². The van der Waals surface area contributed by atoms with E-state index < -0.39 is 6.29 Å². The summed E-state index contributed by atoms with van der Waals surface area (Å²) in [5.41, 5.74) is 4.10. The lowest BCUT2D eigenvalue weighted by Crippen LogP contribution is -2.48. The van der Waals surface area contributed by atoms with Crippen LogP contribution < -0.4 is 5.32 Å². The molecular formula is C34H42N4O4. The van der Waals surface area contributed by atoms with Gasteiger partial charge in [-0.1, -0.05) is 43.3 Å². The Morgan fingerprint density at radius 2 is 1.71 bits per heavy atom. The molecule has 2 N–H and O–H groups in total. The van der Waals surface area contributed by atoms with Crippen molar-refractivity contribution >= 4 is 11.6 Å². The maximum Gasteiger partial charge on any atom is 0.257 e. The minimum atomic E-state index is -0.531. The number of amides is 1.